The highest BCUT2D eigenvalue weighted by Crippen LogP contribution is 2.30. The minimum Gasteiger partial charge on any atom is -0.504 e. The Hall–Kier alpha value is -1.81. The van der Waals surface area contributed by atoms with E-state index in [0.717, 1.165) is 11.1 Å². The molecule has 0 radical (unpaired) electrons. The van der Waals surface area contributed by atoms with E-state index >= 15 is 0 Å². The minimum absolute atomic E-state index is 0.0983. The van der Waals surface area contributed by atoms with Gasteiger partial charge in [-0.3, -0.25) is 0 Å². The first kappa shape index (κ1) is 10.7. The van der Waals surface area contributed by atoms with Crippen molar-refractivity contribution in [2.45, 2.75) is 0 Å². The number of phenolic OH excluding ortho intramolecular Hbond substituents is 1. The molecule has 1 heterocycles. The molecule has 0 saturated carbocycles. The molecular formula is C11H9ClN2O2. The second-order valence-corrected chi connectivity index (χ2v) is 3.47. The van der Waals surface area contributed by atoms with E-state index in [9.17, 15) is 5.11 Å². The van der Waals surface area contributed by atoms with Gasteiger partial charge in [0.15, 0.2) is 11.5 Å². The van der Waals surface area contributed by atoms with Crippen molar-refractivity contribution in [3.05, 3.63) is 35.9 Å². The van der Waals surface area contributed by atoms with Crippen LogP contribution in [0.2, 0.25) is 5.28 Å². The summed E-state index contributed by atoms with van der Waals surface area (Å²) >= 11 is 5.60. The molecule has 2 rings (SSSR count). The van der Waals surface area contributed by atoms with Crippen LogP contribution in [0.4, 0.5) is 0 Å². The summed E-state index contributed by atoms with van der Waals surface area (Å²) in [7, 11) is 1.50. The SMILES string of the molecule is COc1cc(-c2cnc(Cl)nc2)ccc1O. The van der Waals surface area contributed by atoms with E-state index in [1.54, 1.807) is 30.6 Å². The molecule has 1 aromatic heterocycles. The lowest BCUT2D eigenvalue weighted by Crippen LogP contribution is -1.87. The van der Waals surface area contributed by atoms with Gasteiger partial charge >= 0.3 is 0 Å². The van der Waals surface area contributed by atoms with Crippen molar-refractivity contribution < 1.29 is 9.84 Å². The molecule has 0 aliphatic carbocycles. The van der Waals surface area contributed by atoms with Crippen molar-refractivity contribution in [3.63, 3.8) is 0 Å². The van der Waals surface area contributed by atoms with Gasteiger partial charge in [-0.05, 0) is 29.3 Å². The highest BCUT2D eigenvalue weighted by molar-refractivity contribution is 6.28. The average molecular weight is 237 g/mol. The topological polar surface area (TPSA) is 55.2 Å². The maximum atomic E-state index is 9.45. The fraction of sp³-hybridized carbons (Fsp3) is 0.0909. The summed E-state index contributed by atoms with van der Waals surface area (Å²) in [6.45, 7) is 0. The van der Waals surface area contributed by atoms with Crippen LogP contribution in [0.15, 0.2) is 30.6 Å². The predicted molar refractivity (Wildman–Crippen MR) is 60.7 cm³/mol. The maximum Gasteiger partial charge on any atom is 0.222 e. The average Bonchev–Trinajstić information content (AvgIpc) is 2.31. The maximum absolute atomic E-state index is 9.45. The zero-order valence-electron chi connectivity index (χ0n) is 8.51. The summed E-state index contributed by atoms with van der Waals surface area (Å²) in [6, 6.07) is 5.02. The minimum atomic E-state index is 0.0983. The highest BCUT2D eigenvalue weighted by Gasteiger charge is 2.05. The number of hydrogen-bond donors (Lipinski definition) is 1. The molecule has 0 aliphatic rings. The van der Waals surface area contributed by atoms with Crippen LogP contribution in [0.25, 0.3) is 11.1 Å². The number of nitrogens with zero attached hydrogens (tertiary/aromatic N) is 2. The van der Waals surface area contributed by atoms with E-state index in [1.807, 2.05) is 0 Å². The molecule has 0 fully saturated rings. The van der Waals surface area contributed by atoms with E-state index in [4.69, 9.17) is 16.3 Å². The van der Waals surface area contributed by atoms with Crippen LogP contribution in [-0.2, 0) is 0 Å². The van der Waals surface area contributed by atoms with E-state index in [1.165, 1.54) is 7.11 Å². The van der Waals surface area contributed by atoms with Crippen molar-refractivity contribution >= 4 is 11.6 Å². The third-order valence-corrected chi connectivity index (χ3v) is 2.33. The molecular weight excluding hydrogens is 228 g/mol. The lowest BCUT2D eigenvalue weighted by atomic mass is 10.1. The fourth-order valence-corrected chi connectivity index (χ4v) is 1.42. The van der Waals surface area contributed by atoms with Gasteiger partial charge in [0.25, 0.3) is 0 Å². The van der Waals surface area contributed by atoms with Crippen molar-refractivity contribution in [2.75, 3.05) is 7.11 Å². The smallest absolute Gasteiger partial charge is 0.222 e. The first-order chi connectivity index (χ1) is 7.70. The van der Waals surface area contributed by atoms with Gasteiger partial charge in [-0.1, -0.05) is 6.07 Å². The lowest BCUT2D eigenvalue weighted by molar-refractivity contribution is 0.373. The van der Waals surface area contributed by atoms with Gasteiger partial charge in [-0.15, -0.1) is 0 Å². The van der Waals surface area contributed by atoms with Crippen molar-refractivity contribution in [1.29, 1.82) is 0 Å². The molecule has 0 atom stereocenters. The van der Waals surface area contributed by atoms with Crippen molar-refractivity contribution in [3.8, 4) is 22.6 Å². The summed E-state index contributed by atoms with van der Waals surface area (Å²) in [5, 5.41) is 9.65. The highest BCUT2D eigenvalue weighted by atomic mass is 35.5. The Morgan fingerprint density at radius 2 is 1.88 bits per heavy atom. The van der Waals surface area contributed by atoms with Crippen LogP contribution in [0.1, 0.15) is 0 Å². The van der Waals surface area contributed by atoms with Gasteiger partial charge in [0.05, 0.1) is 7.11 Å². The number of rotatable bonds is 2. The Morgan fingerprint density at radius 1 is 1.19 bits per heavy atom. The molecule has 1 aromatic carbocycles. The first-order valence-electron chi connectivity index (χ1n) is 4.55. The van der Waals surface area contributed by atoms with Crippen LogP contribution in [0, 0.1) is 0 Å². The summed E-state index contributed by atoms with van der Waals surface area (Å²) in [6.07, 6.45) is 3.22. The summed E-state index contributed by atoms with van der Waals surface area (Å²) in [5.41, 5.74) is 1.66. The van der Waals surface area contributed by atoms with Crippen molar-refractivity contribution in [1.82, 2.24) is 9.97 Å². The summed E-state index contributed by atoms with van der Waals surface area (Å²) in [4.78, 5) is 7.77. The van der Waals surface area contributed by atoms with Gasteiger partial charge in [0.2, 0.25) is 5.28 Å². The number of aromatic hydroxyl groups is 1. The number of hydrogen-bond acceptors (Lipinski definition) is 4. The number of benzene rings is 1. The third kappa shape index (κ3) is 2.06. The Labute approximate surface area is 97.5 Å². The Kier molecular flexibility index (Phi) is 2.92. The number of halogens is 1. The van der Waals surface area contributed by atoms with Crippen LogP contribution in [-0.4, -0.2) is 22.2 Å². The number of methoxy groups -OCH3 is 1. The molecule has 0 amide bonds. The lowest BCUT2D eigenvalue weighted by Gasteiger charge is -2.06. The van der Waals surface area contributed by atoms with Crippen LogP contribution in [0.5, 0.6) is 11.5 Å². The van der Waals surface area contributed by atoms with Crippen molar-refractivity contribution in [2.24, 2.45) is 0 Å². The fourth-order valence-electron chi connectivity index (χ4n) is 1.32. The molecule has 0 saturated heterocycles. The molecule has 82 valence electrons. The second-order valence-electron chi connectivity index (χ2n) is 3.13. The molecule has 0 unspecified atom stereocenters. The molecule has 4 nitrogen and oxygen atoms in total. The monoisotopic (exact) mass is 236 g/mol. The molecule has 16 heavy (non-hydrogen) atoms. The Bertz CT molecular complexity index is 500. The molecule has 2 aromatic rings. The number of aromatic nitrogens is 2. The van der Waals surface area contributed by atoms with Gasteiger partial charge in [-0.25, -0.2) is 9.97 Å². The summed E-state index contributed by atoms with van der Waals surface area (Å²) in [5.74, 6) is 0.508. The Morgan fingerprint density at radius 3 is 2.50 bits per heavy atom. The summed E-state index contributed by atoms with van der Waals surface area (Å²) < 4.78 is 5.01. The largest absolute Gasteiger partial charge is 0.504 e. The van der Waals surface area contributed by atoms with Crippen LogP contribution in [0.3, 0.4) is 0 Å². The van der Waals surface area contributed by atoms with Gasteiger partial charge < -0.3 is 9.84 Å². The predicted octanol–water partition coefficient (Wildman–Crippen LogP) is 2.51. The van der Waals surface area contributed by atoms with E-state index in [2.05, 4.69) is 9.97 Å². The second kappa shape index (κ2) is 4.37. The molecule has 1 N–H and O–H groups in total. The molecule has 0 bridgehead atoms. The molecule has 5 heteroatoms. The Balaban J connectivity index is 2.44. The van der Waals surface area contributed by atoms with Crippen LogP contribution < -0.4 is 4.74 Å². The van der Waals surface area contributed by atoms with E-state index in [0.29, 0.717) is 5.75 Å². The number of ether oxygens (including phenoxy) is 1. The standard InChI is InChI=1S/C11H9ClN2O2/c1-16-10-4-7(2-3-9(10)15)8-5-13-11(12)14-6-8/h2-6,15H,1H3. The first-order valence-corrected chi connectivity index (χ1v) is 4.93. The third-order valence-electron chi connectivity index (χ3n) is 2.13. The van der Waals surface area contributed by atoms with Gasteiger partial charge in [0, 0.05) is 18.0 Å². The van der Waals surface area contributed by atoms with E-state index in [-0.39, 0.29) is 11.0 Å². The zero-order valence-corrected chi connectivity index (χ0v) is 9.27. The van der Waals surface area contributed by atoms with Crippen LogP contribution >= 0.6 is 11.6 Å². The quantitative estimate of drug-likeness (QED) is 0.814. The molecule has 0 aliphatic heterocycles. The van der Waals surface area contributed by atoms with E-state index < -0.39 is 0 Å². The molecule has 0 spiro atoms. The van der Waals surface area contributed by atoms with Gasteiger partial charge in [0.1, 0.15) is 0 Å². The number of phenols is 1. The normalized spacial score (nSPS) is 10.1. The zero-order chi connectivity index (χ0) is 11.5. The van der Waals surface area contributed by atoms with Gasteiger partial charge in [-0.2, -0.15) is 0 Å².